The Kier molecular flexibility index (Phi) is 4.08. The molecule has 124 valence electrons. The molecule has 1 aliphatic rings. The van der Waals surface area contributed by atoms with Crippen molar-refractivity contribution in [2.75, 3.05) is 13.2 Å². The largest absolute Gasteiger partial charge is 0.381 e. The second kappa shape index (κ2) is 6.52. The van der Waals surface area contributed by atoms with Gasteiger partial charge in [-0.15, -0.1) is 0 Å². The summed E-state index contributed by atoms with van der Waals surface area (Å²) in [7, 11) is 0. The van der Waals surface area contributed by atoms with E-state index in [2.05, 4.69) is 15.1 Å². The summed E-state index contributed by atoms with van der Waals surface area (Å²) in [4.78, 5) is 21.2. The number of benzene rings is 1. The van der Waals surface area contributed by atoms with E-state index in [1.54, 1.807) is 17.0 Å². The van der Waals surface area contributed by atoms with E-state index in [1.807, 2.05) is 18.2 Å². The summed E-state index contributed by atoms with van der Waals surface area (Å²) in [5, 5.41) is 4.68. The summed E-state index contributed by atoms with van der Waals surface area (Å²) in [5.41, 5.74) is 0.703. The lowest BCUT2D eigenvalue weighted by molar-refractivity contribution is 0.192. The number of nitrogens with zero attached hydrogens (tertiary/aromatic N) is 4. The third-order valence-corrected chi connectivity index (χ3v) is 4.30. The summed E-state index contributed by atoms with van der Waals surface area (Å²) in [6.07, 6.45) is 3.92. The topological polar surface area (TPSA) is 83.0 Å². The Morgan fingerprint density at radius 1 is 1.29 bits per heavy atom. The van der Waals surface area contributed by atoms with Crippen molar-refractivity contribution >= 4 is 10.9 Å². The maximum Gasteiger partial charge on any atom is 0.261 e. The highest BCUT2D eigenvalue weighted by Gasteiger charge is 2.22. The number of hydrogen-bond donors (Lipinski definition) is 0. The summed E-state index contributed by atoms with van der Waals surface area (Å²) in [6, 6.07) is 7.37. The van der Waals surface area contributed by atoms with Crippen molar-refractivity contribution in [3.63, 3.8) is 0 Å². The third-order valence-electron chi connectivity index (χ3n) is 4.30. The van der Waals surface area contributed by atoms with Crippen LogP contribution < -0.4 is 5.56 Å². The summed E-state index contributed by atoms with van der Waals surface area (Å²) in [5.74, 6) is 1.58. The lowest BCUT2D eigenvalue weighted by Gasteiger charge is -2.05. The van der Waals surface area contributed by atoms with Gasteiger partial charge in [-0.3, -0.25) is 9.36 Å². The molecule has 24 heavy (non-hydrogen) atoms. The van der Waals surface area contributed by atoms with Gasteiger partial charge in [0, 0.05) is 25.5 Å². The van der Waals surface area contributed by atoms with Gasteiger partial charge in [0.25, 0.3) is 5.56 Å². The fourth-order valence-corrected chi connectivity index (χ4v) is 2.94. The highest BCUT2D eigenvalue weighted by atomic mass is 16.5. The first kappa shape index (κ1) is 15.0. The van der Waals surface area contributed by atoms with Crippen LogP contribution in [0.3, 0.4) is 0 Å². The predicted octanol–water partition coefficient (Wildman–Crippen LogP) is 1.92. The van der Waals surface area contributed by atoms with Gasteiger partial charge < -0.3 is 9.26 Å². The molecule has 0 radical (unpaired) electrons. The Morgan fingerprint density at radius 2 is 2.21 bits per heavy atom. The van der Waals surface area contributed by atoms with Crippen LogP contribution in [0.5, 0.6) is 0 Å². The summed E-state index contributed by atoms with van der Waals surface area (Å²) >= 11 is 0. The van der Waals surface area contributed by atoms with E-state index in [4.69, 9.17) is 9.26 Å². The molecular weight excluding hydrogens is 308 g/mol. The van der Waals surface area contributed by atoms with Gasteiger partial charge in [0.1, 0.15) is 0 Å². The maximum atomic E-state index is 12.4. The highest BCUT2D eigenvalue weighted by molar-refractivity contribution is 5.76. The van der Waals surface area contributed by atoms with Crippen LogP contribution in [0.2, 0.25) is 0 Å². The maximum absolute atomic E-state index is 12.4. The van der Waals surface area contributed by atoms with Gasteiger partial charge >= 0.3 is 0 Å². The van der Waals surface area contributed by atoms with Gasteiger partial charge in [-0.2, -0.15) is 4.98 Å². The van der Waals surface area contributed by atoms with Gasteiger partial charge in [0.05, 0.1) is 23.8 Å². The fourth-order valence-electron chi connectivity index (χ4n) is 2.94. The normalized spacial score (nSPS) is 17.6. The molecule has 7 nitrogen and oxygen atoms in total. The average molecular weight is 326 g/mol. The first-order valence-electron chi connectivity index (χ1n) is 8.15. The molecule has 0 bridgehead atoms. The van der Waals surface area contributed by atoms with E-state index in [9.17, 15) is 4.79 Å². The number of hydrogen-bond acceptors (Lipinski definition) is 6. The van der Waals surface area contributed by atoms with Crippen LogP contribution in [-0.4, -0.2) is 32.9 Å². The third kappa shape index (κ3) is 2.94. The number of aromatic nitrogens is 4. The van der Waals surface area contributed by atoms with E-state index in [0.717, 1.165) is 30.8 Å². The highest BCUT2D eigenvalue weighted by Crippen LogP contribution is 2.22. The van der Waals surface area contributed by atoms with Crippen LogP contribution in [0, 0.1) is 0 Å². The van der Waals surface area contributed by atoms with Crippen LogP contribution in [-0.2, 0) is 17.7 Å². The van der Waals surface area contributed by atoms with E-state index < -0.39 is 0 Å². The fraction of sp³-hybridized carbons (Fsp3) is 0.412. The van der Waals surface area contributed by atoms with E-state index in [-0.39, 0.29) is 11.5 Å². The SMILES string of the molecule is O=c1c2ccccc2ncn1CCCc1nc([C@H]2CCOC2)no1. The molecule has 1 atom stereocenters. The first-order valence-corrected chi connectivity index (χ1v) is 8.15. The van der Waals surface area contributed by atoms with E-state index >= 15 is 0 Å². The minimum absolute atomic E-state index is 0.0186. The van der Waals surface area contributed by atoms with E-state index in [0.29, 0.717) is 30.8 Å². The van der Waals surface area contributed by atoms with Crippen LogP contribution >= 0.6 is 0 Å². The second-order valence-electron chi connectivity index (χ2n) is 5.97. The molecule has 0 spiro atoms. The smallest absolute Gasteiger partial charge is 0.261 e. The molecule has 1 aromatic carbocycles. The molecular formula is C17H18N4O3. The molecule has 1 aliphatic heterocycles. The molecule has 7 heteroatoms. The molecule has 3 heterocycles. The number of aryl methyl sites for hydroxylation is 2. The van der Waals surface area contributed by atoms with Gasteiger partial charge in [-0.25, -0.2) is 4.98 Å². The molecule has 0 unspecified atom stereocenters. The zero-order chi connectivity index (χ0) is 16.4. The molecule has 3 aromatic rings. The molecule has 4 rings (SSSR count). The Morgan fingerprint density at radius 3 is 3.08 bits per heavy atom. The zero-order valence-electron chi connectivity index (χ0n) is 13.2. The minimum atomic E-state index is -0.0186. The van der Waals surface area contributed by atoms with Gasteiger partial charge in [-0.05, 0) is 25.0 Å². The number of para-hydroxylation sites is 1. The van der Waals surface area contributed by atoms with Crippen molar-refractivity contribution in [1.29, 1.82) is 0 Å². The van der Waals surface area contributed by atoms with Crippen LogP contribution in [0.15, 0.2) is 39.9 Å². The predicted molar refractivity (Wildman–Crippen MR) is 86.8 cm³/mol. The van der Waals surface area contributed by atoms with Crippen molar-refractivity contribution < 1.29 is 9.26 Å². The van der Waals surface area contributed by atoms with E-state index in [1.165, 1.54) is 0 Å². The Bertz CT molecular complexity index is 896. The van der Waals surface area contributed by atoms with Crippen molar-refractivity contribution in [3.8, 4) is 0 Å². The standard InChI is InChI=1S/C17H18N4O3/c22-17-13-4-1-2-5-14(13)18-11-21(17)8-3-6-15-19-16(20-24-15)12-7-9-23-10-12/h1-2,4-5,11-12H,3,6-10H2/t12-/m0/s1. The Labute approximate surface area is 138 Å². The quantitative estimate of drug-likeness (QED) is 0.712. The lowest BCUT2D eigenvalue weighted by atomic mass is 10.1. The molecule has 0 saturated carbocycles. The van der Waals surface area contributed by atoms with Gasteiger partial charge in [0.2, 0.25) is 5.89 Å². The molecule has 1 fully saturated rings. The first-order chi connectivity index (χ1) is 11.8. The summed E-state index contributed by atoms with van der Waals surface area (Å²) in [6.45, 7) is 1.99. The van der Waals surface area contributed by atoms with Gasteiger partial charge in [-0.1, -0.05) is 17.3 Å². The minimum Gasteiger partial charge on any atom is -0.381 e. The second-order valence-corrected chi connectivity index (χ2v) is 5.97. The van der Waals surface area contributed by atoms with Crippen molar-refractivity contribution in [2.45, 2.75) is 31.7 Å². The number of rotatable bonds is 5. The van der Waals surface area contributed by atoms with Crippen LogP contribution in [0.25, 0.3) is 10.9 Å². The molecule has 2 aromatic heterocycles. The number of fused-ring (bicyclic) bond motifs is 1. The van der Waals surface area contributed by atoms with Gasteiger partial charge in [0.15, 0.2) is 5.82 Å². The average Bonchev–Trinajstić information content (AvgIpc) is 3.28. The molecule has 0 N–H and O–H groups in total. The summed E-state index contributed by atoms with van der Waals surface area (Å²) < 4.78 is 12.3. The Balaban J connectivity index is 1.40. The van der Waals surface area contributed by atoms with Crippen molar-refractivity contribution in [1.82, 2.24) is 19.7 Å². The van der Waals surface area contributed by atoms with Crippen molar-refractivity contribution in [2.24, 2.45) is 0 Å². The lowest BCUT2D eigenvalue weighted by Crippen LogP contribution is -2.20. The molecule has 0 amide bonds. The molecule has 1 saturated heterocycles. The zero-order valence-corrected chi connectivity index (χ0v) is 13.2. The number of ether oxygens (including phenoxy) is 1. The monoisotopic (exact) mass is 326 g/mol. The molecule has 0 aliphatic carbocycles. The Hall–Kier alpha value is -2.54. The van der Waals surface area contributed by atoms with Crippen LogP contribution in [0.1, 0.15) is 30.5 Å². The van der Waals surface area contributed by atoms with Crippen molar-refractivity contribution in [3.05, 3.63) is 52.7 Å². The van der Waals surface area contributed by atoms with Crippen LogP contribution in [0.4, 0.5) is 0 Å².